The highest BCUT2D eigenvalue weighted by atomic mass is 16.6. The summed E-state index contributed by atoms with van der Waals surface area (Å²) >= 11 is 0. The Morgan fingerprint density at radius 2 is 2.08 bits per heavy atom. The van der Waals surface area contributed by atoms with Crippen LogP contribution >= 0.6 is 0 Å². The smallest absolute Gasteiger partial charge is 0.119 e. The molecule has 0 aromatic rings. The molecule has 0 aliphatic heterocycles. The van der Waals surface area contributed by atoms with Crippen molar-refractivity contribution in [1.82, 2.24) is 5.48 Å². The van der Waals surface area contributed by atoms with Gasteiger partial charge in [0.25, 0.3) is 0 Å². The van der Waals surface area contributed by atoms with Gasteiger partial charge in [-0.25, -0.2) is 0 Å². The molecule has 1 unspecified atom stereocenters. The molecular weight excluding hydrogens is 168 g/mol. The van der Waals surface area contributed by atoms with Crippen LogP contribution in [0, 0.1) is 0 Å². The van der Waals surface area contributed by atoms with Crippen molar-refractivity contribution in [3.05, 3.63) is 23.7 Å². The van der Waals surface area contributed by atoms with Crippen LogP contribution in [-0.4, -0.2) is 20.2 Å². The van der Waals surface area contributed by atoms with E-state index in [2.05, 4.69) is 5.48 Å². The Labute approximate surface area is 79.4 Å². The van der Waals surface area contributed by atoms with Crippen LogP contribution in [0.2, 0.25) is 0 Å². The average Bonchev–Trinajstić information content (AvgIpc) is 2.05. The van der Waals surface area contributed by atoms with E-state index in [0.29, 0.717) is 0 Å². The number of ether oxygens (including phenoxy) is 1. The molecule has 0 spiro atoms. The van der Waals surface area contributed by atoms with Crippen LogP contribution in [0.1, 0.15) is 13.8 Å². The number of hydrogen-bond acceptors (Lipinski definition) is 4. The lowest BCUT2D eigenvalue weighted by atomic mass is 10.1. The van der Waals surface area contributed by atoms with Crippen molar-refractivity contribution in [1.29, 1.82) is 0 Å². The van der Waals surface area contributed by atoms with E-state index in [1.54, 1.807) is 26.5 Å². The second-order valence-corrected chi connectivity index (χ2v) is 2.71. The first kappa shape index (κ1) is 12.0. The largest absolute Gasteiger partial charge is 0.504 e. The molecule has 0 saturated carbocycles. The first-order valence-corrected chi connectivity index (χ1v) is 4.08. The minimum absolute atomic E-state index is 0.173. The Kier molecular flexibility index (Phi) is 6.01. The first-order chi connectivity index (χ1) is 6.11. The highest BCUT2D eigenvalue weighted by molar-refractivity contribution is 5.14. The second kappa shape index (κ2) is 6.51. The van der Waals surface area contributed by atoms with Gasteiger partial charge in [-0.05, 0) is 25.5 Å². The zero-order valence-corrected chi connectivity index (χ0v) is 8.63. The predicted molar refractivity (Wildman–Crippen MR) is 52.6 cm³/mol. The number of hydrogen-bond donors (Lipinski definition) is 2. The average molecular weight is 186 g/mol. The predicted octanol–water partition coefficient (Wildman–Crippen LogP) is 0.919. The van der Waals surface area contributed by atoms with Crippen LogP contribution in [0.15, 0.2) is 23.7 Å². The molecule has 1 atom stereocenters. The van der Waals surface area contributed by atoms with Crippen LogP contribution in [0.5, 0.6) is 0 Å². The van der Waals surface area contributed by atoms with Gasteiger partial charge >= 0.3 is 0 Å². The van der Waals surface area contributed by atoms with Crippen molar-refractivity contribution in [3.63, 3.8) is 0 Å². The molecule has 0 saturated heterocycles. The summed E-state index contributed by atoms with van der Waals surface area (Å²) in [4.78, 5) is 5.00. The Balaban J connectivity index is 4.18. The SMILES string of the molecule is CNO/C(C)=C/C(N)/C(C)=C/OC. The summed E-state index contributed by atoms with van der Waals surface area (Å²) in [6, 6.07) is -0.173. The van der Waals surface area contributed by atoms with Gasteiger partial charge in [0.15, 0.2) is 0 Å². The van der Waals surface area contributed by atoms with Crippen molar-refractivity contribution in [2.75, 3.05) is 14.2 Å². The Morgan fingerprint density at radius 3 is 2.54 bits per heavy atom. The maximum Gasteiger partial charge on any atom is 0.119 e. The van der Waals surface area contributed by atoms with Gasteiger partial charge in [-0.1, -0.05) is 0 Å². The van der Waals surface area contributed by atoms with Crippen LogP contribution in [0.3, 0.4) is 0 Å². The zero-order chi connectivity index (χ0) is 10.3. The van der Waals surface area contributed by atoms with E-state index < -0.39 is 0 Å². The minimum atomic E-state index is -0.173. The number of nitrogens with one attached hydrogen (secondary N) is 1. The molecule has 0 heterocycles. The Hall–Kier alpha value is -1.00. The fourth-order valence-corrected chi connectivity index (χ4v) is 0.844. The van der Waals surface area contributed by atoms with Gasteiger partial charge in [0.1, 0.15) is 5.76 Å². The Morgan fingerprint density at radius 1 is 1.46 bits per heavy atom. The molecule has 4 heteroatoms. The van der Waals surface area contributed by atoms with Crippen molar-refractivity contribution < 1.29 is 9.57 Å². The quantitative estimate of drug-likeness (QED) is 0.495. The van der Waals surface area contributed by atoms with Crippen LogP contribution in [-0.2, 0) is 9.57 Å². The summed E-state index contributed by atoms with van der Waals surface area (Å²) in [5.74, 6) is 0.735. The van der Waals surface area contributed by atoms with Gasteiger partial charge in [0, 0.05) is 7.05 Å². The molecule has 0 bridgehead atoms. The molecule has 76 valence electrons. The highest BCUT2D eigenvalue weighted by Gasteiger charge is 2.02. The van der Waals surface area contributed by atoms with Gasteiger partial charge < -0.3 is 15.3 Å². The topological polar surface area (TPSA) is 56.5 Å². The third-order valence-electron chi connectivity index (χ3n) is 1.51. The van der Waals surface area contributed by atoms with Crippen molar-refractivity contribution in [2.24, 2.45) is 5.73 Å². The molecular formula is C9H18N2O2. The van der Waals surface area contributed by atoms with Gasteiger partial charge in [0.2, 0.25) is 0 Å². The summed E-state index contributed by atoms with van der Waals surface area (Å²) in [6.07, 6.45) is 3.43. The normalized spacial score (nSPS) is 15.5. The van der Waals surface area contributed by atoms with Gasteiger partial charge in [0.05, 0.1) is 19.4 Å². The lowest BCUT2D eigenvalue weighted by Crippen LogP contribution is -2.20. The van der Waals surface area contributed by atoms with Crippen molar-refractivity contribution in [2.45, 2.75) is 19.9 Å². The first-order valence-electron chi connectivity index (χ1n) is 4.08. The van der Waals surface area contributed by atoms with Crippen molar-refractivity contribution in [3.8, 4) is 0 Å². The minimum Gasteiger partial charge on any atom is -0.504 e. The van der Waals surface area contributed by atoms with E-state index >= 15 is 0 Å². The van der Waals surface area contributed by atoms with Gasteiger partial charge in [-0.2, -0.15) is 5.48 Å². The molecule has 3 N–H and O–H groups in total. The summed E-state index contributed by atoms with van der Waals surface area (Å²) in [5.41, 5.74) is 9.32. The summed E-state index contributed by atoms with van der Waals surface area (Å²) < 4.78 is 4.84. The number of rotatable bonds is 5. The standard InChI is InChI=1S/C9H18N2O2/c1-7(6-12-4)9(10)5-8(2)13-11-3/h5-6,9,11H,10H2,1-4H3/b7-6+,8-5+. The second-order valence-electron chi connectivity index (χ2n) is 2.71. The van der Waals surface area contributed by atoms with E-state index in [1.165, 1.54) is 0 Å². The van der Waals surface area contributed by atoms with Gasteiger partial charge in [-0.3, -0.25) is 0 Å². The molecule has 0 aliphatic carbocycles. The fraction of sp³-hybridized carbons (Fsp3) is 0.556. The van der Waals surface area contributed by atoms with E-state index in [9.17, 15) is 0 Å². The molecule has 0 amide bonds. The lowest BCUT2D eigenvalue weighted by Gasteiger charge is -2.09. The molecule has 0 rings (SSSR count). The van der Waals surface area contributed by atoms with Crippen LogP contribution < -0.4 is 11.2 Å². The van der Waals surface area contributed by atoms with Crippen LogP contribution in [0.25, 0.3) is 0 Å². The van der Waals surface area contributed by atoms with E-state index in [-0.39, 0.29) is 6.04 Å². The van der Waals surface area contributed by atoms with E-state index in [1.807, 2.05) is 13.8 Å². The highest BCUT2D eigenvalue weighted by Crippen LogP contribution is 2.03. The molecule has 0 fully saturated rings. The summed E-state index contributed by atoms with van der Waals surface area (Å²) in [5, 5.41) is 0. The van der Waals surface area contributed by atoms with E-state index in [0.717, 1.165) is 11.3 Å². The number of allylic oxidation sites excluding steroid dienone is 1. The molecule has 0 aromatic heterocycles. The maximum absolute atomic E-state index is 5.80. The monoisotopic (exact) mass is 186 g/mol. The summed E-state index contributed by atoms with van der Waals surface area (Å²) in [7, 11) is 3.29. The maximum atomic E-state index is 5.80. The van der Waals surface area contributed by atoms with E-state index in [4.69, 9.17) is 15.3 Å². The Bertz CT molecular complexity index is 200. The summed E-state index contributed by atoms with van der Waals surface area (Å²) in [6.45, 7) is 3.73. The molecule has 0 aliphatic rings. The third-order valence-corrected chi connectivity index (χ3v) is 1.51. The van der Waals surface area contributed by atoms with Crippen LogP contribution in [0.4, 0.5) is 0 Å². The van der Waals surface area contributed by atoms with Gasteiger partial charge in [-0.15, -0.1) is 0 Å². The number of methoxy groups -OCH3 is 1. The zero-order valence-electron chi connectivity index (χ0n) is 8.63. The third kappa shape index (κ3) is 5.27. The number of nitrogens with two attached hydrogens (primary N) is 1. The molecule has 0 radical (unpaired) electrons. The molecule has 13 heavy (non-hydrogen) atoms. The lowest BCUT2D eigenvalue weighted by molar-refractivity contribution is 0.127. The fourth-order valence-electron chi connectivity index (χ4n) is 0.844. The molecule has 4 nitrogen and oxygen atoms in total. The number of hydroxylamine groups is 1. The van der Waals surface area contributed by atoms with Crippen molar-refractivity contribution >= 4 is 0 Å². The molecule has 0 aromatic carbocycles.